The molecular weight excluding hydrogens is 383 g/mol. The molecule has 0 aromatic heterocycles. The summed E-state index contributed by atoms with van der Waals surface area (Å²) in [5.41, 5.74) is 0.0592. The molecule has 1 aliphatic rings. The molecular formula is C21H22F3N3O2. The van der Waals surface area contributed by atoms with Gasteiger partial charge in [0.2, 0.25) is 5.91 Å². The molecule has 5 nitrogen and oxygen atoms in total. The van der Waals surface area contributed by atoms with Crippen molar-refractivity contribution in [3.05, 3.63) is 58.9 Å². The fraction of sp³-hybridized carbons (Fsp3) is 0.333. The van der Waals surface area contributed by atoms with Gasteiger partial charge in [0.25, 0.3) is 5.91 Å². The number of nitrogens with zero attached hydrogens (tertiary/aromatic N) is 1. The Kier molecular flexibility index (Phi) is 5.81. The first-order valence-electron chi connectivity index (χ1n) is 9.28. The number of likely N-dealkylation sites (tertiary alicyclic amines) is 1. The highest BCUT2D eigenvalue weighted by Gasteiger charge is 2.34. The van der Waals surface area contributed by atoms with Crippen LogP contribution in [-0.2, 0) is 4.79 Å². The molecule has 0 unspecified atom stereocenters. The van der Waals surface area contributed by atoms with Crippen LogP contribution in [0.3, 0.4) is 0 Å². The molecule has 2 N–H and O–H groups in total. The molecule has 0 bridgehead atoms. The highest BCUT2D eigenvalue weighted by atomic mass is 19.2. The summed E-state index contributed by atoms with van der Waals surface area (Å²) in [5.74, 6) is -3.89. The topological polar surface area (TPSA) is 61.4 Å². The number of rotatable bonds is 5. The minimum atomic E-state index is -1.26. The van der Waals surface area contributed by atoms with E-state index in [4.69, 9.17) is 0 Å². The van der Waals surface area contributed by atoms with Crippen molar-refractivity contribution < 1.29 is 22.8 Å². The van der Waals surface area contributed by atoms with Gasteiger partial charge in [-0.05, 0) is 36.8 Å². The Bertz CT molecular complexity index is 956. The second kappa shape index (κ2) is 8.14. The van der Waals surface area contributed by atoms with Gasteiger partial charge in [-0.3, -0.25) is 9.59 Å². The standard InChI is InChI=1S/C21H22F3N3O2/c1-11(2)20(28)25-13-9-27(10-13)21(29)14-5-6-15(22)18(24)19(14)26-17-7-4-12(3)8-16(17)23/h4-8,11,13,26H,9-10H2,1-3H3,(H,25,28). The molecule has 0 saturated carbocycles. The molecule has 3 rings (SSSR count). The molecule has 154 valence electrons. The smallest absolute Gasteiger partial charge is 0.256 e. The van der Waals surface area contributed by atoms with Crippen LogP contribution in [0.25, 0.3) is 0 Å². The van der Waals surface area contributed by atoms with Crippen LogP contribution >= 0.6 is 0 Å². The zero-order chi connectivity index (χ0) is 21.3. The Morgan fingerprint density at radius 3 is 2.38 bits per heavy atom. The van der Waals surface area contributed by atoms with Gasteiger partial charge in [0.1, 0.15) is 5.82 Å². The zero-order valence-electron chi connectivity index (χ0n) is 16.4. The van der Waals surface area contributed by atoms with Gasteiger partial charge < -0.3 is 15.5 Å². The van der Waals surface area contributed by atoms with Crippen molar-refractivity contribution in [3.8, 4) is 0 Å². The minimum absolute atomic E-state index is 0.0696. The lowest BCUT2D eigenvalue weighted by atomic mass is 10.0. The number of anilines is 2. The molecule has 2 aromatic carbocycles. The van der Waals surface area contributed by atoms with Crippen molar-refractivity contribution in [1.29, 1.82) is 0 Å². The number of hydrogen-bond acceptors (Lipinski definition) is 3. The number of benzene rings is 2. The monoisotopic (exact) mass is 405 g/mol. The molecule has 2 amide bonds. The van der Waals surface area contributed by atoms with Gasteiger partial charge >= 0.3 is 0 Å². The van der Waals surface area contributed by atoms with Crippen molar-refractivity contribution in [2.45, 2.75) is 26.8 Å². The highest BCUT2D eigenvalue weighted by molar-refractivity contribution is 6.01. The van der Waals surface area contributed by atoms with Crippen molar-refractivity contribution in [2.24, 2.45) is 5.92 Å². The van der Waals surface area contributed by atoms with Gasteiger partial charge in [0.05, 0.1) is 23.0 Å². The fourth-order valence-corrected chi connectivity index (χ4v) is 2.98. The summed E-state index contributed by atoms with van der Waals surface area (Å²) < 4.78 is 42.4. The van der Waals surface area contributed by atoms with E-state index in [1.54, 1.807) is 26.8 Å². The number of carbonyl (C=O) groups is 2. The number of halogens is 3. The third-order valence-electron chi connectivity index (χ3n) is 4.75. The molecule has 29 heavy (non-hydrogen) atoms. The average Bonchev–Trinajstić information content (AvgIpc) is 2.63. The third kappa shape index (κ3) is 4.36. The molecule has 1 fully saturated rings. The maximum absolute atomic E-state index is 14.5. The maximum Gasteiger partial charge on any atom is 0.256 e. The lowest BCUT2D eigenvalue weighted by Gasteiger charge is -2.40. The van der Waals surface area contributed by atoms with E-state index in [0.29, 0.717) is 5.56 Å². The Morgan fingerprint density at radius 2 is 1.76 bits per heavy atom. The molecule has 0 radical (unpaired) electrons. The van der Waals surface area contributed by atoms with E-state index in [1.807, 2.05) is 0 Å². The summed E-state index contributed by atoms with van der Waals surface area (Å²) in [6, 6.07) is 6.08. The highest BCUT2D eigenvalue weighted by Crippen LogP contribution is 2.30. The number of carbonyl (C=O) groups excluding carboxylic acids is 2. The quantitative estimate of drug-likeness (QED) is 0.797. The third-order valence-corrected chi connectivity index (χ3v) is 4.75. The lowest BCUT2D eigenvalue weighted by Crippen LogP contribution is -2.61. The van der Waals surface area contributed by atoms with Gasteiger partial charge in [-0.15, -0.1) is 0 Å². The van der Waals surface area contributed by atoms with Crippen LogP contribution in [0.5, 0.6) is 0 Å². The first kappa shape index (κ1) is 20.7. The van der Waals surface area contributed by atoms with Crippen molar-refractivity contribution >= 4 is 23.2 Å². The zero-order valence-corrected chi connectivity index (χ0v) is 16.4. The molecule has 1 heterocycles. The number of amides is 2. The minimum Gasteiger partial charge on any atom is -0.350 e. The van der Waals surface area contributed by atoms with E-state index >= 15 is 0 Å². The average molecular weight is 405 g/mol. The number of hydrogen-bond donors (Lipinski definition) is 2. The van der Waals surface area contributed by atoms with Gasteiger partial charge in [0.15, 0.2) is 11.6 Å². The van der Waals surface area contributed by atoms with Gasteiger partial charge in [-0.1, -0.05) is 19.9 Å². The van der Waals surface area contributed by atoms with E-state index in [-0.39, 0.29) is 42.2 Å². The second-order valence-electron chi connectivity index (χ2n) is 7.46. The summed E-state index contributed by atoms with van der Waals surface area (Å²) in [5, 5.41) is 5.32. The normalized spacial score (nSPS) is 14.0. The van der Waals surface area contributed by atoms with Gasteiger partial charge in [-0.25, -0.2) is 13.2 Å². The van der Waals surface area contributed by atoms with Crippen molar-refractivity contribution in [2.75, 3.05) is 18.4 Å². The van der Waals surface area contributed by atoms with Crippen LogP contribution in [0, 0.1) is 30.3 Å². The summed E-state index contributed by atoms with van der Waals surface area (Å²) in [4.78, 5) is 25.9. The Balaban J connectivity index is 1.80. The largest absolute Gasteiger partial charge is 0.350 e. The van der Waals surface area contributed by atoms with Crippen LogP contribution in [-0.4, -0.2) is 35.8 Å². The van der Waals surface area contributed by atoms with Crippen molar-refractivity contribution in [1.82, 2.24) is 10.2 Å². The van der Waals surface area contributed by atoms with Crippen LogP contribution in [0.1, 0.15) is 29.8 Å². The van der Waals surface area contributed by atoms with Crippen LogP contribution < -0.4 is 10.6 Å². The molecule has 0 aliphatic carbocycles. The molecule has 8 heteroatoms. The van der Waals surface area contributed by atoms with Gasteiger partial charge in [-0.2, -0.15) is 0 Å². The Hall–Kier alpha value is -3.03. The van der Waals surface area contributed by atoms with E-state index in [9.17, 15) is 22.8 Å². The number of aryl methyl sites for hydroxylation is 1. The number of nitrogens with one attached hydrogen (secondary N) is 2. The Morgan fingerprint density at radius 1 is 1.07 bits per heavy atom. The predicted molar refractivity (Wildman–Crippen MR) is 103 cm³/mol. The first-order valence-corrected chi connectivity index (χ1v) is 9.28. The van der Waals surface area contributed by atoms with E-state index in [0.717, 1.165) is 12.1 Å². The summed E-state index contributed by atoms with van der Waals surface area (Å²) in [6.07, 6.45) is 0. The molecule has 0 spiro atoms. The predicted octanol–water partition coefficient (Wildman–Crippen LogP) is 3.75. The van der Waals surface area contributed by atoms with Crippen molar-refractivity contribution in [3.63, 3.8) is 0 Å². The SMILES string of the molecule is Cc1ccc(Nc2c(C(=O)N3CC(NC(=O)C(C)C)C3)ccc(F)c2F)c(F)c1. The second-order valence-corrected chi connectivity index (χ2v) is 7.46. The van der Waals surface area contributed by atoms with Crippen LogP contribution in [0.4, 0.5) is 24.5 Å². The van der Waals surface area contributed by atoms with E-state index in [2.05, 4.69) is 10.6 Å². The van der Waals surface area contributed by atoms with E-state index in [1.165, 1.54) is 17.0 Å². The van der Waals surface area contributed by atoms with Gasteiger partial charge in [0, 0.05) is 19.0 Å². The molecule has 1 aliphatic heterocycles. The molecule has 1 saturated heterocycles. The van der Waals surface area contributed by atoms with Crippen LogP contribution in [0.2, 0.25) is 0 Å². The summed E-state index contributed by atoms with van der Waals surface area (Å²) in [6.45, 7) is 5.74. The summed E-state index contributed by atoms with van der Waals surface area (Å²) in [7, 11) is 0. The fourth-order valence-electron chi connectivity index (χ4n) is 2.98. The summed E-state index contributed by atoms with van der Waals surface area (Å²) >= 11 is 0. The van der Waals surface area contributed by atoms with Crippen LogP contribution in [0.15, 0.2) is 30.3 Å². The van der Waals surface area contributed by atoms with E-state index < -0.39 is 29.0 Å². The molecule has 0 atom stereocenters. The maximum atomic E-state index is 14.5. The first-order chi connectivity index (χ1) is 13.7. The Labute approximate surface area is 166 Å². The lowest BCUT2D eigenvalue weighted by molar-refractivity contribution is -0.125. The molecule has 2 aromatic rings.